The molecule has 69 heavy (non-hydrogen) atoms. The van der Waals surface area contributed by atoms with Gasteiger partial charge < -0.3 is 64.6 Å². The van der Waals surface area contributed by atoms with Gasteiger partial charge >= 0.3 is 18.2 Å². The molecule has 2 amide bonds. The number of carboxylic acids is 1. The van der Waals surface area contributed by atoms with Crippen LogP contribution in [0.3, 0.4) is 0 Å². The Morgan fingerprint density at radius 3 is 1.97 bits per heavy atom. The molecule has 6 rings (SSSR count). The molecule has 1 saturated heterocycles. The number of amides is 2. The number of carbonyl (C=O) groups is 3. The maximum absolute atomic E-state index is 13.2. The number of aromatic carboxylic acids is 1. The van der Waals surface area contributed by atoms with Crippen LogP contribution in [0.2, 0.25) is 0 Å². The molecule has 3 aromatic rings. The SMILES string of the molecule is CCCCCCCCCCCCCCNC(=O)OCc1cc(C)cc(COC(=O)NCc2ccc(-c3c4ccc(=O)cc-4oc4cc(O)ccc34)c(C(=O)O)c2)c1O[C@@H]1OC(CO)[C@H](O)[C@H](O)C1O. The molecule has 0 saturated carbocycles. The van der Waals surface area contributed by atoms with Crippen molar-refractivity contribution in [2.75, 3.05) is 13.2 Å². The maximum atomic E-state index is 13.2. The number of aromatic hydroxyl groups is 1. The van der Waals surface area contributed by atoms with Gasteiger partial charge in [-0.05, 0) is 66.9 Å². The molecule has 5 atom stereocenters. The lowest BCUT2D eigenvalue weighted by Crippen LogP contribution is -2.60. The minimum absolute atomic E-state index is 0.0105. The number of aryl methyl sites for hydroxylation is 1. The summed E-state index contributed by atoms with van der Waals surface area (Å²) in [6.45, 7) is 2.80. The Balaban J connectivity index is 1.10. The molecule has 3 aromatic carbocycles. The molecular weight excluding hydrogens is 893 g/mol. The van der Waals surface area contributed by atoms with Crippen LogP contribution in [0.1, 0.15) is 117 Å². The Hall–Kier alpha value is -6.24. The third kappa shape index (κ3) is 14.2. The number of phenolic OH excluding ortho intramolecular Hbond substituents is 1. The number of benzene rings is 4. The monoisotopic (exact) mass is 956 g/mol. The summed E-state index contributed by atoms with van der Waals surface area (Å²) in [4.78, 5) is 51.0. The minimum Gasteiger partial charge on any atom is -0.508 e. The Morgan fingerprint density at radius 2 is 1.33 bits per heavy atom. The van der Waals surface area contributed by atoms with E-state index in [2.05, 4.69) is 17.6 Å². The summed E-state index contributed by atoms with van der Waals surface area (Å²) >= 11 is 0. The summed E-state index contributed by atoms with van der Waals surface area (Å²) in [5.74, 6) is -1.17. The molecule has 8 N–H and O–H groups in total. The van der Waals surface area contributed by atoms with Crippen molar-refractivity contribution in [1.82, 2.24) is 10.6 Å². The lowest BCUT2D eigenvalue weighted by atomic mass is 9.90. The highest BCUT2D eigenvalue weighted by Gasteiger charge is 2.45. The van der Waals surface area contributed by atoms with E-state index in [1.54, 1.807) is 43.3 Å². The third-order valence-electron chi connectivity index (χ3n) is 12.2. The highest BCUT2D eigenvalue weighted by molar-refractivity contribution is 6.07. The molecule has 17 heteroatoms. The quantitative estimate of drug-likeness (QED) is 0.0217. The van der Waals surface area contributed by atoms with Crippen LogP contribution in [-0.2, 0) is 34.0 Å². The van der Waals surface area contributed by atoms with Crippen LogP contribution in [-0.4, -0.2) is 92.7 Å². The summed E-state index contributed by atoms with van der Waals surface area (Å²) in [5.41, 5.74) is 2.63. The molecule has 17 nitrogen and oxygen atoms in total. The maximum Gasteiger partial charge on any atom is 0.407 e. The first-order chi connectivity index (χ1) is 33.3. The Bertz CT molecular complexity index is 2540. The lowest BCUT2D eigenvalue weighted by molar-refractivity contribution is -0.277. The van der Waals surface area contributed by atoms with E-state index in [1.165, 1.54) is 81.7 Å². The fourth-order valence-corrected chi connectivity index (χ4v) is 8.54. The molecule has 1 fully saturated rings. The van der Waals surface area contributed by atoms with E-state index in [0.717, 1.165) is 25.7 Å². The van der Waals surface area contributed by atoms with Gasteiger partial charge in [-0.25, -0.2) is 14.4 Å². The zero-order valence-corrected chi connectivity index (χ0v) is 39.1. The second-order valence-electron chi connectivity index (χ2n) is 17.5. The van der Waals surface area contributed by atoms with Gasteiger partial charge in [-0.3, -0.25) is 4.79 Å². The van der Waals surface area contributed by atoms with Crippen molar-refractivity contribution < 1.29 is 68.4 Å². The van der Waals surface area contributed by atoms with E-state index < -0.39 is 62.1 Å². The number of hydrogen-bond donors (Lipinski definition) is 8. The fourth-order valence-electron chi connectivity index (χ4n) is 8.54. The van der Waals surface area contributed by atoms with Gasteiger partial charge in [0, 0.05) is 52.9 Å². The molecule has 1 aliphatic carbocycles. The normalized spacial score (nSPS) is 18.0. The van der Waals surface area contributed by atoms with Crippen LogP contribution < -0.4 is 20.8 Å². The first-order valence-electron chi connectivity index (χ1n) is 23.7. The number of hydrogen-bond acceptors (Lipinski definition) is 14. The average Bonchev–Trinajstić information content (AvgIpc) is 3.33. The first-order valence-corrected chi connectivity index (χ1v) is 23.7. The first kappa shape index (κ1) is 52.1. The van der Waals surface area contributed by atoms with Crippen LogP contribution in [0.15, 0.2) is 75.9 Å². The topological polar surface area (TPSA) is 264 Å². The van der Waals surface area contributed by atoms with Crippen molar-refractivity contribution in [3.63, 3.8) is 0 Å². The lowest BCUT2D eigenvalue weighted by Gasteiger charge is -2.40. The van der Waals surface area contributed by atoms with Gasteiger partial charge in [0.05, 0.1) is 12.2 Å². The zero-order valence-electron chi connectivity index (χ0n) is 39.1. The van der Waals surface area contributed by atoms with Crippen LogP contribution in [0.5, 0.6) is 11.5 Å². The third-order valence-corrected chi connectivity index (χ3v) is 12.2. The highest BCUT2D eigenvalue weighted by Crippen LogP contribution is 2.42. The molecule has 0 radical (unpaired) electrons. The van der Waals surface area contributed by atoms with E-state index in [-0.39, 0.29) is 52.5 Å². The Kier molecular flexibility index (Phi) is 19.2. The molecule has 0 spiro atoms. The molecule has 2 aliphatic heterocycles. The number of aliphatic hydroxyl groups excluding tert-OH is 4. The van der Waals surface area contributed by atoms with Crippen molar-refractivity contribution in [2.24, 2.45) is 0 Å². The van der Waals surface area contributed by atoms with E-state index >= 15 is 0 Å². The van der Waals surface area contributed by atoms with Crippen molar-refractivity contribution in [2.45, 2.75) is 141 Å². The van der Waals surface area contributed by atoms with Crippen LogP contribution >= 0.6 is 0 Å². The molecule has 0 aromatic heterocycles. The van der Waals surface area contributed by atoms with Crippen LogP contribution in [0.25, 0.3) is 33.4 Å². The number of carbonyl (C=O) groups excluding carboxylic acids is 2. The summed E-state index contributed by atoms with van der Waals surface area (Å²) in [7, 11) is 0. The van der Waals surface area contributed by atoms with Crippen molar-refractivity contribution in [1.29, 1.82) is 0 Å². The number of fused-ring (bicyclic) bond motifs is 2. The van der Waals surface area contributed by atoms with Gasteiger partial charge in [0.1, 0.15) is 60.5 Å². The number of aliphatic hydroxyl groups is 4. The summed E-state index contributed by atoms with van der Waals surface area (Å²) in [5, 5.41) is 67.9. The number of unbranched alkanes of at least 4 members (excludes halogenated alkanes) is 11. The summed E-state index contributed by atoms with van der Waals surface area (Å²) < 4.78 is 28.8. The zero-order chi connectivity index (χ0) is 49.5. The van der Waals surface area contributed by atoms with Crippen molar-refractivity contribution in [3.8, 4) is 33.9 Å². The number of nitrogens with one attached hydrogen (secondary N) is 2. The van der Waals surface area contributed by atoms with E-state index in [0.29, 0.717) is 45.3 Å². The van der Waals surface area contributed by atoms with Gasteiger partial charge in [0.2, 0.25) is 6.29 Å². The van der Waals surface area contributed by atoms with Crippen molar-refractivity contribution in [3.05, 3.63) is 105 Å². The van der Waals surface area contributed by atoms with E-state index in [4.69, 9.17) is 23.4 Å². The highest BCUT2D eigenvalue weighted by atomic mass is 16.7. The predicted octanol–water partition coefficient (Wildman–Crippen LogP) is 7.81. The van der Waals surface area contributed by atoms with Gasteiger partial charge in [-0.1, -0.05) is 95.2 Å². The number of alkyl carbamates (subject to hydrolysis) is 2. The molecule has 0 bridgehead atoms. The van der Waals surface area contributed by atoms with Gasteiger partial charge in [-0.15, -0.1) is 0 Å². The number of phenols is 1. The van der Waals surface area contributed by atoms with Gasteiger partial charge in [-0.2, -0.15) is 0 Å². The summed E-state index contributed by atoms with van der Waals surface area (Å²) in [6, 6.07) is 16.5. The van der Waals surface area contributed by atoms with E-state index in [9.17, 15) is 49.8 Å². The Morgan fingerprint density at radius 1 is 0.710 bits per heavy atom. The second kappa shape index (κ2) is 25.4. The standard InChI is InChI=1S/C52H64N2O15/c1-3-4-5-6-7-8-9-10-11-12-13-14-21-53-51(63)65-29-33-22-31(2)23-34(48(33)69-50-47(60)46(59)45(58)43(28-55)68-50)30-66-52(64)54-27-32-15-18-37(40(24-32)49(61)62)44-38-19-16-35(56)25-41(38)67-42-26-36(57)17-20-39(42)44/h15-20,22-26,43,45-47,50,55-56,58-60H,3-14,21,27-30H2,1-2H3,(H,53,63)(H,54,64)(H,61,62)/t43?,45-,46-,47?,50-/m0/s1. The van der Waals surface area contributed by atoms with Gasteiger partial charge in [0.15, 0.2) is 5.43 Å². The minimum atomic E-state index is -1.77. The number of ether oxygens (including phenoxy) is 4. The number of carboxylic acid groups (broad SMARTS) is 1. The summed E-state index contributed by atoms with van der Waals surface area (Å²) in [6.07, 6.45) is 4.58. The molecular formula is C52H64N2O15. The van der Waals surface area contributed by atoms with Crippen molar-refractivity contribution >= 4 is 29.1 Å². The second-order valence-corrected chi connectivity index (χ2v) is 17.5. The molecule has 2 unspecified atom stereocenters. The average molecular weight is 957 g/mol. The predicted molar refractivity (Wildman–Crippen MR) is 255 cm³/mol. The van der Waals surface area contributed by atoms with Gasteiger partial charge in [0.25, 0.3) is 0 Å². The molecule has 3 aliphatic rings. The van der Waals surface area contributed by atoms with Crippen LogP contribution in [0, 0.1) is 6.92 Å². The molecule has 2 heterocycles. The van der Waals surface area contributed by atoms with E-state index in [1.807, 2.05) is 0 Å². The Labute approximate surface area is 400 Å². The fraction of sp³-hybridized carbons (Fsp3) is 0.462. The largest absolute Gasteiger partial charge is 0.508 e. The number of rotatable bonds is 24. The smallest absolute Gasteiger partial charge is 0.407 e. The van der Waals surface area contributed by atoms with Crippen LogP contribution in [0.4, 0.5) is 9.59 Å². The molecule has 372 valence electrons.